The van der Waals surface area contributed by atoms with Gasteiger partial charge in [-0.3, -0.25) is 0 Å². The summed E-state index contributed by atoms with van der Waals surface area (Å²) in [4.78, 5) is 0. The number of hydrogen-bond acceptors (Lipinski definition) is 2. The van der Waals surface area contributed by atoms with Gasteiger partial charge in [-0.25, -0.2) is 0 Å². The minimum absolute atomic E-state index is 0.693. The van der Waals surface area contributed by atoms with Crippen LogP contribution in [-0.4, -0.2) is 13.6 Å². The van der Waals surface area contributed by atoms with Gasteiger partial charge in [0.05, 0.1) is 6.54 Å². The van der Waals surface area contributed by atoms with Gasteiger partial charge in [-0.05, 0) is 5.92 Å². The molecule has 0 fully saturated rings. The minimum atomic E-state index is 0.693. The Balaban J connectivity index is 3.10. The molecule has 0 aromatic heterocycles. The van der Waals surface area contributed by atoms with E-state index in [1.165, 1.54) is 6.42 Å². The average molecular weight is 114 g/mol. The second-order valence-electron chi connectivity index (χ2n) is 2.04. The van der Waals surface area contributed by atoms with Gasteiger partial charge < -0.3 is 0 Å². The minimum Gasteiger partial charge on any atom is -0.198 e. The van der Waals surface area contributed by atoms with Crippen molar-refractivity contribution in [3.8, 4) is 0 Å². The monoisotopic (exact) mass is 114 g/mol. The van der Waals surface area contributed by atoms with Gasteiger partial charge >= 0.3 is 0 Å². The van der Waals surface area contributed by atoms with Crippen molar-refractivity contribution in [2.45, 2.75) is 20.3 Å². The lowest BCUT2D eigenvalue weighted by Crippen LogP contribution is -1.94. The Kier molecular flexibility index (Phi) is 4.51. The van der Waals surface area contributed by atoms with Crippen LogP contribution >= 0.6 is 0 Å². The molecule has 48 valence electrons. The predicted octanol–water partition coefficient (Wildman–Crippen LogP) is 2.11. The summed E-state index contributed by atoms with van der Waals surface area (Å²) >= 11 is 0. The van der Waals surface area contributed by atoms with Gasteiger partial charge in [0.15, 0.2) is 0 Å². The van der Waals surface area contributed by atoms with E-state index in [1.54, 1.807) is 7.05 Å². The van der Waals surface area contributed by atoms with Crippen molar-refractivity contribution in [3.63, 3.8) is 0 Å². The molecule has 0 saturated carbocycles. The van der Waals surface area contributed by atoms with Crippen molar-refractivity contribution in [2.24, 2.45) is 16.1 Å². The fourth-order valence-corrected chi connectivity index (χ4v) is 0.350. The summed E-state index contributed by atoms with van der Waals surface area (Å²) in [5.74, 6) is 0.693. The molecular weight excluding hydrogens is 100 g/mol. The van der Waals surface area contributed by atoms with Gasteiger partial charge in [-0.2, -0.15) is 10.2 Å². The highest BCUT2D eigenvalue weighted by atomic mass is 15.1. The third-order valence-corrected chi connectivity index (χ3v) is 1.23. The Morgan fingerprint density at radius 1 is 1.50 bits per heavy atom. The van der Waals surface area contributed by atoms with Crippen LogP contribution in [0.1, 0.15) is 20.3 Å². The average Bonchev–Trinajstić information content (AvgIpc) is 1.83. The second kappa shape index (κ2) is 4.75. The molecule has 1 unspecified atom stereocenters. The van der Waals surface area contributed by atoms with Crippen LogP contribution in [0, 0.1) is 5.92 Å². The van der Waals surface area contributed by atoms with E-state index in [4.69, 9.17) is 0 Å². The molecule has 0 spiro atoms. The smallest absolute Gasteiger partial charge is 0.0624 e. The first-order valence-electron chi connectivity index (χ1n) is 3.06. The van der Waals surface area contributed by atoms with Crippen molar-refractivity contribution >= 4 is 0 Å². The van der Waals surface area contributed by atoms with Crippen LogP contribution in [0.3, 0.4) is 0 Å². The molecule has 0 aliphatic heterocycles. The third-order valence-electron chi connectivity index (χ3n) is 1.23. The molecule has 2 nitrogen and oxygen atoms in total. The largest absolute Gasteiger partial charge is 0.198 e. The topological polar surface area (TPSA) is 24.7 Å². The highest BCUT2D eigenvalue weighted by Crippen LogP contribution is 1.99. The Labute approximate surface area is 51.0 Å². The van der Waals surface area contributed by atoms with Gasteiger partial charge in [0.1, 0.15) is 0 Å². The van der Waals surface area contributed by atoms with Crippen LogP contribution in [0.5, 0.6) is 0 Å². The maximum Gasteiger partial charge on any atom is 0.0624 e. The van der Waals surface area contributed by atoms with Gasteiger partial charge in [-0.15, -0.1) is 0 Å². The van der Waals surface area contributed by atoms with E-state index < -0.39 is 0 Å². The van der Waals surface area contributed by atoms with E-state index in [1.807, 2.05) is 0 Å². The van der Waals surface area contributed by atoms with Crippen LogP contribution in [0.25, 0.3) is 0 Å². The SMILES string of the molecule is CCC(C)CN=NC. The fraction of sp³-hybridized carbons (Fsp3) is 1.00. The first-order chi connectivity index (χ1) is 3.81. The van der Waals surface area contributed by atoms with Crippen molar-refractivity contribution in [1.82, 2.24) is 0 Å². The van der Waals surface area contributed by atoms with Gasteiger partial charge in [-0.1, -0.05) is 20.3 Å². The summed E-state index contributed by atoms with van der Waals surface area (Å²) in [6, 6.07) is 0. The van der Waals surface area contributed by atoms with E-state index in [0.717, 1.165) is 6.54 Å². The summed E-state index contributed by atoms with van der Waals surface area (Å²) in [5.41, 5.74) is 0. The van der Waals surface area contributed by atoms with Crippen molar-refractivity contribution in [1.29, 1.82) is 0 Å². The Morgan fingerprint density at radius 2 is 2.12 bits per heavy atom. The van der Waals surface area contributed by atoms with Crippen LogP contribution in [-0.2, 0) is 0 Å². The lowest BCUT2D eigenvalue weighted by molar-refractivity contribution is 0.563. The molecule has 0 aromatic rings. The van der Waals surface area contributed by atoms with Crippen molar-refractivity contribution < 1.29 is 0 Å². The van der Waals surface area contributed by atoms with Gasteiger partial charge in [0, 0.05) is 7.05 Å². The molecule has 0 aliphatic carbocycles. The first-order valence-corrected chi connectivity index (χ1v) is 3.06. The summed E-state index contributed by atoms with van der Waals surface area (Å²) < 4.78 is 0. The normalized spacial score (nSPS) is 14.9. The zero-order valence-corrected chi connectivity index (χ0v) is 5.89. The quantitative estimate of drug-likeness (QED) is 0.502. The first kappa shape index (κ1) is 7.60. The molecule has 0 amide bonds. The molecule has 0 saturated heterocycles. The maximum absolute atomic E-state index is 3.87. The van der Waals surface area contributed by atoms with E-state index >= 15 is 0 Å². The summed E-state index contributed by atoms with van der Waals surface area (Å²) in [6.07, 6.45) is 1.19. The highest BCUT2D eigenvalue weighted by molar-refractivity contribution is 4.49. The van der Waals surface area contributed by atoms with Crippen LogP contribution in [0.2, 0.25) is 0 Å². The molecule has 0 aromatic carbocycles. The Bertz CT molecular complexity index is 68.9. The zero-order valence-electron chi connectivity index (χ0n) is 5.89. The van der Waals surface area contributed by atoms with Crippen molar-refractivity contribution in [2.75, 3.05) is 13.6 Å². The van der Waals surface area contributed by atoms with Gasteiger partial charge in [0.2, 0.25) is 0 Å². The number of hydrogen-bond donors (Lipinski definition) is 0. The molecule has 8 heavy (non-hydrogen) atoms. The lowest BCUT2D eigenvalue weighted by atomic mass is 10.1. The second-order valence-corrected chi connectivity index (χ2v) is 2.04. The van der Waals surface area contributed by atoms with E-state index in [0.29, 0.717) is 5.92 Å². The molecule has 0 aliphatic rings. The fourth-order valence-electron chi connectivity index (χ4n) is 0.350. The van der Waals surface area contributed by atoms with Crippen molar-refractivity contribution in [3.05, 3.63) is 0 Å². The van der Waals surface area contributed by atoms with Gasteiger partial charge in [0.25, 0.3) is 0 Å². The molecule has 2 heteroatoms. The number of nitrogens with zero attached hydrogens (tertiary/aromatic N) is 2. The molecule has 0 bridgehead atoms. The predicted molar refractivity (Wildman–Crippen MR) is 35.1 cm³/mol. The summed E-state index contributed by atoms with van der Waals surface area (Å²) in [7, 11) is 1.71. The lowest BCUT2D eigenvalue weighted by Gasteiger charge is -1.99. The third kappa shape index (κ3) is 3.78. The Morgan fingerprint density at radius 3 is 2.50 bits per heavy atom. The molecule has 1 atom stereocenters. The molecule has 0 radical (unpaired) electrons. The van der Waals surface area contributed by atoms with E-state index in [-0.39, 0.29) is 0 Å². The number of azo groups is 1. The molecular formula is C6H14N2. The molecule has 0 rings (SSSR count). The van der Waals surface area contributed by atoms with E-state index in [2.05, 4.69) is 24.1 Å². The molecule has 0 N–H and O–H groups in total. The highest BCUT2D eigenvalue weighted by Gasteiger charge is 1.93. The van der Waals surface area contributed by atoms with Crippen LogP contribution in [0.4, 0.5) is 0 Å². The molecule has 0 heterocycles. The summed E-state index contributed by atoms with van der Waals surface area (Å²) in [6.45, 7) is 5.22. The summed E-state index contributed by atoms with van der Waals surface area (Å²) in [5, 5.41) is 7.52. The number of rotatable bonds is 3. The van der Waals surface area contributed by atoms with Crippen LogP contribution < -0.4 is 0 Å². The standard InChI is InChI=1S/C6H14N2/c1-4-6(2)5-8-7-3/h6H,4-5H2,1-3H3. The van der Waals surface area contributed by atoms with Crippen LogP contribution in [0.15, 0.2) is 10.2 Å². The Hall–Kier alpha value is -0.400. The zero-order chi connectivity index (χ0) is 6.41. The van der Waals surface area contributed by atoms with E-state index in [9.17, 15) is 0 Å². The maximum atomic E-state index is 3.87.